The Morgan fingerprint density at radius 3 is 2.50 bits per heavy atom. The van der Waals surface area contributed by atoms with Gasteiger partial charge in [-0.05, 0) is 29.1 Å². The predicted octanol–water partition coefficient (Wildman–Crippen LogP) is 3.11. The molecule has 2 aromatic rings. The second kappa shape index (κ2) is 11.2. The van der Waals surface area contributed by atoms with Gasteiger partial charge in [0.1, 0.15) is 4.21 Å². The summed E-state index contributed by atoms with van der Waals surface area (Å²) in [6.45, 7) is 1.43. The van der Waals surface area contributed by atoms with Gasteiger partial charge in [0.15, 0.2) is 5.96 Å². The normalized spacial score (nSPS) is 11.7. The maximum Gasteiger partial charge on any atom is 0.250 e. The summed E-state index contributed by atoms with van der Waals surface area (Å²) < 4.78 is 28.0. The van der Waals surface area contributed by atoms with Crippen molar-refractivity contribution in [3.8, 4) is 0 Å². The Morgan fingerprint density at radius 1 is 1.23 bits per heavy atom. The topological polar surface area (TPSA) is 73.8 Å². The third-order valence-corrected chi connectivity index (χ3v) is 6.75. The summed E-state index contributed by atoms with van der Waals surface area (Å²) >= 11 is 4.62. The van der Waals surface area contributed by atoms with E-state index in [2.05, 4.69) is 31.0 Å². The lowest BCUT2D eigenvalue weighted by Gasteiger charge is -2.22. The quantitative estimate of drug-likeness (QED) is 0.231. The van der Waals surface area contributed by atoms with Crippen molar-refractivity contribution in [3.05, 3.63) is 51.8 Å². The lowest BCUT2D eigenvalue weighted by Crippen LogP contribution is -2.42. The smallest absolute Gasteiger partial charge is 0.250 e. The third kappa shape index (κ3) is 7.14. The number of hydrogen-bond donors (Lipinski definition) is 2. The second-order valence-corrected chi connectivity index (χ2v) is 9.14. The molecule has 0 aliphatic heterocycles. The van der Waals surface area contributed by atoms with E-state index in [0.717, 1.165) is 10.0 Å². The molecular formula is C16H22BrIN4O2S2. The van der Waals surface area contributed by atoms with Gasteiger partial charge in [0, 0.05) is 38.2 Å². The van der Waals surface area contributed by atoms with Gasteiger partial charge < -0.3 is 10.2 Å². The van der Waals surface area contributed by atoms with E-state index < -0.39 is 10.0 Å². The van der Waals surface area contributed by atoms with Crippen molar-refractivity contribution in [2.75, 3.05) is 27.2 Å². The van der Waals surface area contributed by atoms with Crippen LogP contribution in [0.4, 0.5) is 0 Å². The number of hydrogen-bond acceptors (Lipinski definition) is 4. The molecule has 0 bridgehead atoms. The van der Waals surface area contributed by atoms with Crippen LogP contribution in [0.15, 0.2) is 55.5 Å². The monoisotopic (exact) mass is 572 g/mol. The number of aliphatic imine (C=N–C) groups is 1. The van der Waals surface area contributed by atoms with E-state index in [0.29, 0.717) is 23.3 Å². The van der Waals surface area contributed by atoms with Crippen molar-refractivity contribution in [2.24, 2.45) is 4.99 Å². The summed E-state index contributed by atoms with van der Waals surface area (Å²) in [4.78, 5) is 6.22. The van der Waals surface area contributed by atoms with Gasteiger partial charge in [-0.3, -0.25) is 4.99 Å². The zero-order valence-electron chi connectivity index (χ0n) is 14.5. The van der Waals surface area contributed by atoms with Crippen molar-refractivity contribution in [1.29, 1.82) is 0 Å². The van der Waals surface area contributed by atoms with Gasteiger partial charge >= 0.3 is 0 Å². The van der Waals surface area contributed by atoms with Gasteiger partial charge in [-0.15, -0.1) is 35.3 Å². The molecule has 0 radical (unpaired) electrons. The van der Waals surface area contributed by atoms with Gasteiger partial charge in [0.2, 0.25) is 10.0 Å². The van der Waals surface area contributed by atoms with E-state index in [4.69, 9.17) is 0 Å². The molecule has 26 heavy (non-hydrogen) atoms. The summed E-state index contributed by atoms with van der Waals surface area (Å²) in [7, 11) is 0.218. The largest absolute Gasteiger partial charge is 0.355 e. The number of halogens is 2. The third-order valence-electron chi connectivity index (χ3n) is 3.37. The molecule has 0 saturated heterocycles. The summed E-state index contributed by atoms with van der Waals surface area (Å²) in [6, 6.07) is 11.4. The number of thiophene rings is 1. The molecule has 1 aromatic heterocycles. The van der Waals surface area contributed by atoms with Crippen molar-refractivity contribution in [2.45, 2.75) is 10.8 Å². The molecule has 0 fully saturated rings. The number of benzene rings is 1. The van der Waals surface area contributed by atoms with Crippen molar-refractivity contribution in [3.63, 3.8) is 0 Å². The van der Waals surface area contributed by atoms with Crippen LogP contribution in [0.3, 0.4) is 0 Å². The average molecular weight is 573 g/mol. The molecule has 1 heterocycles. The van der Waals surface area contributed by atoms with E-state index in [9.17, 15) is 8.42 Å². The molecule has 1 aromatic carbocycles. The van der Waals surface area contributed by atoms with Crippen LogP contribution in [0, 0.1) is 0 Å². The van der Waals surface area contributed by atoms with Crippen molar-refractivity contribution >= 4 is 67.2 Å². The van der Waals surface area contributed by atoms with Crippen LogP contribution in [0.25, 0.3) is 0 Å². The Balaban J connectivity index is 0.00000338. The molecule has 0 aliphatic carbocycles. The molecule has 2 N–H and O–H groups in total. The maximum atomic E-state index is 12.0. The van der Waals surface area contributed by atoms with Gasteiger partial charge in [0.05, 0.1) is 0 Å². The molecule has 10 heteroatoms. The fraction of sp³-hybridized carbons (Fsp3) is 0.312. The Morgan fingerprint density at radius 2 is 1.92 bits per heavy atom. The first-order valence-corrected chi connectivity index (χ1v) is 10.8. The van der Waals surface area contributed by atoms with Crippen LogP contribution in [-0.4, -0.2) is 46.5 Å². The van der Waals surface area contributed by atoms with Crippen LogP contribution < -0.4 is 10.0 Å². The molecule has 2 rings (SSSR count). The highest BCUT2D eigenvalue weighted by molar-refractivity contribution is 14.0. The Labute approximate surface area is 184 Å². The first-order valence-electron chi connectivity index (χ1n) is 7.62. The van der Waals surface area contributed by atoms with E-state index >= 15 is 0 Å². The van der Waals surface area contributed by atoms with Crippen LogP contribution in [0.5, 0.6) is 0 Å². The van der Waals surface area contributed by atoms with Crippen LogP contribution in [0.1, 0.15) is 5.56 Å². The first-order chi connectivity index (χ1) is 11.9. The first kappa shape index (κ1) is 23.3. The van der Waals surface area contributed by atoms with Crippen LogP contribution >= 0.6 is 51.2 Å². The minimum absolute atomic E-state index is 0. The van der Waals surface area contributed by atoms with Gasteiger partial charge in [-0.2, -0.15) is 0 Å². The van der Waals surface area contributed by atoms with E-state index in [1.165, 1.54) is 11.3 Å². The molecule has 0 unspecified atom stereocenters. The highest BCUT2D eigenvalue weighted by Crippen LogP contribution is 2.15. The Hall–Kier alpha value is -0.690. The molecule has 0 atom stereocenters. The fourth-order valence-corrected chi connectivity index (χ4v) is 4.50. The molecule has 6 nitrogen and oxygen atoms in total. The van der Waals surface area contributed by atoms with Gasteiger partial charge in [-0.1, -0.05) is 34.1 Å². The number of rotatable bonds is 7. The van der Waals surface area contributed by atoms with E-state index in [1.807, 2.05) is 36.2 Å². The predicted molar refractivity (Wildman–Crippen MR) is 122 cm³/mol. The van der Waals surface area contributed by atoms with Gasteiger partial charge in [-0.25, -0.2) is 13.1 Å². The second-order valence-electron chi connectivity index (χ2n) is 5.29. The van der Waals surface area contributed by atoms with Gasteiger partial charge in [0.25, 0.3) is 0 Å². The van der Waals surface area contributed by atoms with Crippen LogP contribution in [-0.2, 0) is 16.6 Å². The van der Waals surface area contributed by atoms with Crippen LogP contribution in [0.2, 0.25) is 0 Å². The Kier molecular flexibility index (Phi) is 10.1. The number of sulfonamides is 1. The molecule has 0 aliphatic rings. The van der Waals surface area contributed by atoms with Crippen molar-refractivity contribution < 1.29 is 8.42 Å². The highest BCUT2D eigenvalue weighted by Gasteiger charge is 2.14. The highest BCUT2D eigenvalue weighted by atomic mass is 127. The Bertz CT molecular complexity index is 796. The molecule has 0 saturated carbocycles. The number of nitrogens with one attached hydrogen (secondary N) is 2. The number of nitrogens with zero attached hydrogens (tertiary/aromatic N) is 2. The summed E-state index contributed by atoms with van der Waals surface area (Å²) in [5.74, 6) is 0.707. The lowest BCUT2D eigenvalue weighted by molar-refractivity contribution is 0.477. The minimum atomic E-state index is -3.42. The maximum absolute atomic E-state index is 12.0. The average Bonchev–Trinajstić information content (AvgIpc) is 3.12. The SMILES string of the molecule is CN=C(NCCNS(=O)(=O)c1cccs1)N(C)Cc1ccc(Br)cc1.I. The molecule has 0 amide bonds. The molecule has 0 spiro atoms. The number of guanidine groups is 1. The zero-order valence-corrected chi connectivity index (χ0v) is 20.0. The summed E-state index contributed by atoms with van der Waals surface area (Å²) in [5.41, 5.74) is 1.16. The zero-order chi connectivity index (χ0) is 18.3. The van der Waals surface area contributed by atoms with E-state index in [1.54, 1.807) is 24.6 Å². The summed E-state index contributed by atoms with van der Waals surface area (Å²) in [5, 5.41) is 4.90. The standard InChI is InChI=1S/C16H21BrN4O2S2.HI/c1-18-16(21(2)12-13-5-7-14(17)8-6-13)19-9-10-20-25(22,23)15-4-3-11-24-15;/h3-8,11,20H,9-10,12H2,1-2H3,(H,18,19);1H. The lowest BCUT2D eigenvalue weighted by atomic mass is 10.2. The molecular weight excluding hydrogens is 551 g/mol. The van der Waals surface area contributed by atoms with E-state index in [-0.39, 0.29) is 30.5 Å². The van der Waals surface area contributed by atoms with Crippen molar-refractivity contribution in [1.82, 2.24) is 14.9 Å². The molecule has 144 valence electrons. The fourth-order valence-electron chi connectivity index (χ4n) is 2.17. The summed E-state index contributed by atoms with van der Waals surface area (Å²) in [6.07, 6.45) is 0. The minimum Gasteiger partial charge on any atom is -0.355 e.